The van der Waals surface area contributed by atoms with Crippen LogP contribution in [-0.2, 0) is 14.2 Å². The molecule has 0 saturated carbocycles. The Hall–Kier alpha value is -0.200. The Morgan fingerprint density at radius 2 is 1.29 bits per heavy atom. The Kier molecular flexibility index (Phi) is 9.68. The second-order valence-corrected chi connectivity index (χ2v) is 4.64. The van der Waals surface area contributed by atoms with Gasteiger partial charge in [-0.05, 0) is 27.7 Å². The van der Waals surface area contributed by atoms with Crippen molar-refractivity contribution in [3.05, 3.63) is 0 Å². The van der Waals surface area contributed by atoms with Crippen LogP contribution in [0.3, 0.4) is 0 Å². The van der Waals surface area contributed by atoms with Crippen LogP contribution in [0.4, 0.5) is 0 Å². The van der Waals surface area contributed by atoms with E-state index in [4.69, 9.17) is 25.7 Å². The van der Waals surface area contributed by atoms with E-state index in [-0.39, 0.29) is 24.3 Å². The van der Waals surface area contributed by atoms with Crippen molar-refractivity contribution in [3.8, 4) is 0 Å². The first-order valence-corrected chi connectivity index (χ1v) is 6.25. The maximum Gasteiger partial charge on any atom is 0.0807 e. The minimum atomic E-state index is 0.0349. The Labute approximate surface area is 105 Å². The second-order valence-electron chi connectivity index (χ2n) is 4.64. The van der Waals surface area contributed by atoms with Gasteiger partial charge in [0.05, 0.1) is 38.6 Å². The molecule has 0 aliphatic rings. The van der Waals surface area contributed by atoms with E-state index in [1.54, 1.807) is 0 Å². The molecule has 4 unspecified atom stereocenters. The topological polar surface area (TPSA) is 79.7 Å². The molecule has 5 heteroatoms. The van der Waals surface area contributed by atoms with E-state index in [1.807, 2.05) is 27.7 Å². The zero-order valence-corrected chi connectivity index (χ0v) is 11.5. The van der Waals surface area contributed by atoms with E-state index in [0.717, 1.165) is 0 Å². The lowest BCUT2D eigenvalue weighted by Crippen LogP contribution is -2.32. The van der Waals surface area contributed by atoms with Crippen LogP contribution in [-0.4, -0.2) is 50.7 Å². The van der Waals surface area contributed by atoms with Gasteiger partial charge in [0, 0.05) is 12.1 Å². The zero-order chi connectivity index (χ0) is 13.3. The van der Waals surface area contributed by atoms with Crippen molar-refractivity contribution in [2.45, 2.75) is 52.0 Å². The molecule has 5 nitrogen and oxygen atoms in total. The van der Waals surface area contributed by atoms with Crippen molar-refractivity contribution >= 4 is 0 Å². The molecule has 0 saturated heterocycles. The summed E-state index contributed by atoms with van der Waals surface area (Å²) in [6.07, 6.45) is 0.0714. The van der Waals surface area contributed by atoms with Gasteiger partial charge in [0.2, 0.25) is 0 Å². The average molecular weight is 248 g/mol. The van der Waals surface area contributed by atoms with Gasteiger partial charge in [0.15, 0.2) is 0 Å². The summed E-state index contributed by atoms with van der Waals surface area (Å²) < 4.78 is 16.4. The van der Waals surface area contributed by atoms with Crippen LogP contribution in [0.1, 0.15) is 27.7 Å². The molecule has 0 heterocycles. The highest BCUT2D eigenvalue weighted by Crippen LogP contribution is 2.03. The summed E-state index contributed by atoms with van der Waals surface area (Å²) in [6, 6.07) is 0.125. The maximum atomic E-state index is 5.61. The summed E-state index contributed by atoms with van der Waals surface area (Å²) in [7, 11) is 0. The molecule has 0 fully saturated rings. The van der Waals surface area contributed by atoms with Gasteiger partial charge in [0.1, 0.15) is 0 Å². The first-order valence-electron chi connectivity index (χ1n) is 6.25. The molecule has 0 bridgehead atoms. The average Bonchev–Trinajstić information content (AvgIpc) is 2.24. The molecule has 0 aromatic carbocycles. The molecule has 4 N–H and O–H groups in total. The van der Waals surface area contributed by atoms with Crippen LogP contribution in [0, 0.1) is 0 Å². The van der Waals surface area contributed by atoms with E-state index in [1.165, 1.54) is 0 Å². The highest BCUT2D eigenvalue weighted by molar-refractivity contribution is 4.62. The maximum absolute atomic E-state index is 5.61. The van der Waals surface area contributed by atoms with Crippen molar-refractivity contribution in [1.29, 1.82) is 0 Å². The Bertz CT molecular complexity index is 177. The Morgan fingerprint density at radius 3 is 1.82 bits per heavy atom. The quantitative estimate of drug-likeness (QED) is 0.551. The molecule has 0 radical (unpaired) electrons. The standard InChI is InChI=1S/C12H28N2O3/c1-9(13)7-15-5-6-16-11(3)12(4)17-8-10(2)14/h9-12H,5-8,13-14H2,1-4H3. The molecule has 0 aromatic heterocycles. The smallest absolute Gasteiger partial charge is 0.0807 e. The van der Waals surface area contributed by atoms with Crippen molar-refractivity contribution in [1.82, 2.24) is 0 Å². The normalized spacial score (nSPS) is 18.7. The number of nitrogens with two attached hydrogens (primary N) is 2. The predicted molar refractivity (Wildman–Crippen MR) is 68.9 cm³/mol. The van der Waals surface area contributed by atoms with Crippen molar-refractivity contribution in [2.75, 3.05) is 26.4 Å². The van der Waals surface area contributed by atoms with E-state index in [9.17, 15) is 0 Å². The summed E-state index contributed by atoms with van der Waals surface area (Å²) in [5, 5.41) is 0. The predicted octanol–water partition coefficient (Wildman–Crippen LogP) is 0.508. The van der Waals surface area contributed by atoms with E-state index >= 15 is 0 Å². The summed E-state index contributed by atoms with van der Waals surface area (Å²) in [5.74, 6) is 0. The Morgan fingerprint density at radius 1 is 0.765 bits per heavy atom. The van der Waals surface area contributed by atoms with E-state index in [2.05, 4.69) is 0 Å². The van der Waals surface area contributed by atoms with Gasteiger partial charge in [0.25, 0.3) is 0 Å². The molecule has 17 heavy (non-hydrogen) atoms. The van der Waals surface area contributed by atoms with Crippen molar-refractivity contribution in [2.24, 2.45) is 11.5 Å². The lowest BCUT2D eigenvalue weighted by molar-refractivity contribution is -0.0713. The SMILES string of the molecule is CC(N)COCCOC(C)C(C)OCC(C)N. The highest BCUT2D eigenvalue weighted by atomic mass is 16.6. The first-order chi connectivity index (χ1) is 7.93. The fourth-order valence-electron chi connectivity index (χ4n) is 1.14. The molecule has 0 rings (SSSR count). The fourth-order valence-corrected chi connectivity index (χ4v) is 1.14. The van der Waals surface area contributed by atoms with Crippen LogP contribution in [0.5, 0.6) is 0 Å². The van der Waals surface area contributed by atoms with Crippen LogP contribution in [0.2, 0.25) is 0 Å². The third-order valence-corrected chi connectivity index (χ3v) is 2.27. The molecule has 4 atom stereocenters. The summed E-state index contributed by atoms with van der Waals surface area (Å²) in [6.45, 7) is 10.0. The second kappa shape index (κ2) is 9.79. The fraction of sp³-hybridized carbons (Fsp3) is 1.00. The van der Waals surface area contributed by atoms with Crippen molar-refractivity contribution in [3.63, 3.8) is 0 Å². The summed E-state index contributed by atoms with van der Waals surface area (Å²) in [5.41, 5.74) is 11.2. The lowest BCUT2D eigenvalue weighted by atomic mass is 10.2. The molecule has 0 spiro atoms. The monoisotopic (exact) mass is 248 g/mol. The van der Waals surface area contributed by atoms with E-state index < -0.39 is 0 Å². The number of hydrogen-bond donors (Lipinski definition) is 2. The summed E-state index contributed by atoms with van der Waals surface area (Å²) in [4.78, 5) is 0. The molecular weight excluding hydrogens is 220 g/mol. The lowest BCUT2D eigenvalue weighted by Gasteiger charge is -2.22. The largest absolute Gasteiger partial charge is 0.377 e. The molecule has 0 aliphatic heterocycles. The van der Waals surface area contributed by atoms with Gasteiger partial charge < -0.3 is 25.7 Å². The van der Waals surface area contributed by atoms with Crippen LogP contribution >= 0.6 is 0 Å². The molecular formula is C12H28N2O3. The zero-order valence-electron chi connectivity index (χ0n) is 11.5. The van der Waals surface area contributed by atoms with Crippen molar-refractivity contribution < 1.29 is 14.2 Å². The van der Waals surface area contributed by atoms with Gasteiger partial charge in [-0.25, -0.2) is 0 Å². The number of rotatable bonds is 10. The van der Waals surface area contributed by atoms with Crippen LogP contribution in [0.15, 0.2) is 0 Å². The van der Waals surface area contributed by atoms with Gasteiger partial charge in [-0.3, -0.25) is 0 Å². The van der Waals surface area contributed by atoms with Gasteiger partial charge in [-0.1, -0.05) is 0 Å². The minimum absolute atomic E-state index is 0.0349. The third-order valence-electron chi connectivity index (χ3n) is 2.27. The van der Waals surface area contributed by atoms with E-state index in [0.29, 0.717) is 26.4 Å². The van der Waals surface area contributed by atoms with Gasteiger partial charge in [-0.15, -0.1) is 0 Å². The molecule has 0 aromatic rings. The van der Waals surface area contributed by atoms with Gasteiger partial charge >= 0.3 is 0 Å². The molecule has 104 valence electrons. The van der Waals surface area contributed by atoms with Gasteiger partial charge in [-0.2, -0.15) is 0 Å². The third kappa shape index (κ3) is 10.7. The minimum Gasteiger partial charge on any atom is -0.377 e. The Balaban J connectivity index is 3.46. The summed E-state index contributed by atoms with van der Waals surface area (Å²) >= 11 is 0. The molecule has 0 amide bonds. The highest BCUT2D eigenvalue weighted by Gasteiger charge is 2.13. The number of hydrogen-bond acceptors (Lipinski definition) is 5. The molecule has 0 aliphatic carbocycles. The van der Waals surface area contributed by atoms with Crippen LogP contribution in [0.25, 0.3) is 0 Å². The van der Waals surface area contributed by atoms with Crippen LogP contribution < -0.4 is 11.5 Å². The number of ether oxygens (including phenoxy) is 3. The first kappa shape index (κ1) is 16.8.